The van der Waals surface area contributed by atoms with Crippen molar-refractivity contribution >= 4 is 16.8 Å². The third-order valence-corrected chi connectivity index (χ3v) is 3.06. The first-order valence-corrected chi connectivity index (χ1v) is 5.94. The van der Waals surface area contributed by atoms with Gasteiger partial charge in [-0.2, -0.15) is 0 Å². The predicted molar refractivity (Wildman–Crippen MR) is 77.3 cm³/mol. The van der Waals surface area contributed by atoms with Crippen LogP contribution >= 0.6 is 0 Å². The van der Waals surface area contributed by atoms with Gasteiger partial charge in [0, 0.05) is 11.8 Å². The fourth-order valence-corrected chi connectivity index (χ4v) is 2.08. The van der Waals surface area contributed by atoms with Crippen LogP contribution in [0.25, 0.3) is 28.1 Å². The molecule has 0 aliphatic carbocycles. The summed E-state index contributed by atoms with van der Waals surface area (Å²) in [6, 6.07) is 18.8. The molecule has 0 aliphatic heterocycles. The molecule has 2 aromatic carbocycles. The molecule has 1 nitrogen and oxygen atoms in total. The van der Waals surface area contributed by atoms with Crippen molar-refractivity contribution in [2.45, 2.75) is 0 Å². The van der Waals surface area contributed by atoms with E-state index in [-0.39, 0.29) is 0 Å². The number of hydrogen-bond acceptors (Lipinski definition) is 1. The molecule has 0 radical (unpaired) electrons. The van der Waals surface area contributed by atoms with E-state index in [1.165, 1.54) is 10.8 Å². The van der Waals surface area contributed by atoms with Crippen molar-refractivity contribution in [3.63, 3.8) is 0 Å². The highest BCUT2D eigenvalue weighted by molar-refractivity contribution is 5.86. The fourth-order valence-electron chi connectivity index (χ4n) is 2.08. The van der Waals surface area contributed by atoms with Gasteiger partial charge < -0.3 is 0 Å². The van der Waals surface area contributed by atoms with Gasteiger partial charge in [-0.25, -0.2) is 0 Å². The molecule has 0 saturated carbocycles. The van der Waals surface area contributed by atoms with Crippen molar-refractivity contribution in [1.82, 2.24) is 4.98 Å². The van der Waals surface area contributed by atoms with Crippen molar-refractivity contribution < 1.29 is 0 Å². The molecule has 0 atom stereocenters. The van der Waals surface area contributed by atoms with Crippen LogP contribution in [-0.2, 0) is 0 Å². The van der Waals surface area contributed by atoms with Crippen molar-refractivity contribution in [1.29, 1.82) is 0 Å². The normalized spacial score (nSPS) is 10.4. The Labute approximate surface area is 106 Å². The molecule has 1 aromatic heterocycles. The second-order valence-electron chi connectivity index (χ2n) is 4.24. The van der Waals surface area contributed by atoms with E-state index in [9.17, 15) is 0 Å². The summed E-state index contributed by atoms with van der Waals surface area (Å²) in [4.78, 5) is 4.42. The van der Waals surface area contributed by atoms with Crippen LogP contribution in [-0.4, -0.2) is 4.98 Å². The Morgan fingerprint density at radius 3 is 2.56 bits per heavy atom. The number of aromatic nitrogens is 1. The molecule has 86 valence electrons. The van der Waals surface area contributed by atoms with Crippen molar-refractivity contribution in [3.8, 4) is 11.3 Å². The van der Waals surface area contributed by atoms with E-state index in [4.69, 9.17) is 0 Å². The van der Waals surface area contributed by atoms with Gasteiger partial charge in [0.25, 0.3) is 0 Å². The lowest BCUT2D eigenvalue weighted by molar-refractivity contribution is 1.32. The van der Waals surface area contributed by atoms with Crippen molar-refractivity contribution in [2.24, 2.45) is 0 Å². The number of pyridine rings is 1. The summed E-state index contributed by atoms with van der Waals surface area (Å²) in [5, 5.41) is 2.49. The van der Waals surface area contributed by atoms with Gasteiger partial charge in [0.1, 0.15) is 0 Å². The lowest BCUT2D eigenvalue weighted by atomic mass is 10.0. The zero-order chi connectivity index (χ0) is 12.4. The molecule has 18 heavy (non-hydrogen) atoms. The highest BCUT2D eigenvalue weighted by Crippen LogP contribution is 2.23. The van der Waals surface area contributed by atoms with Crippen LogP contribution in [0.5, 0.6) is 0 Å². The molecule has 1 heterocycles. The molecule has 0 amide bonds. The summed E-state index contributed by atoms with van der Waals surface area (Å²) in [7, 11) is 0. The first-order chi connectivity index (χ1) is 8.86. The maximum absolute atomic E-state index is 4.42. The van der Waals surface area contributed by atoms with Crippen LogP contribution in [0.3, 0.4) is 0 Å². The average molecular weight is 231 g/mol. The van der Waals surface area contributed by atoms with Crippen LogP contribution in [0.4, 0.5) is 0 Å². The molecule has 0 aliphatic rings. The summed E-state index contributed by atoms with van der Waals surface area (Å²) in [6.07, 6.45) is 3.66. The zero-order valence-electron chi connectivity index (χ0n) is 10.0. The maximum Gasteiger partial charge on any atom is 0.0708 e. The lowest BCUT2D eigenvalue weighted by Gasteiger charge is -2.04. The molecule has 0 unspecified atom stereocenters. The van der Waals surface area contributed by atoms with Crippen LogP contribution in [0.2, 0.25) is 0 Å². The molecule has 0 fully saturated rings. The van der Waals surface area contributed by atoms with Crippen molar-refractivity contribution in [3.05, 3.63) is 72.9 Å². The minimum Gasteiger partial charge on any atom is -0.256 e. The minimum absolute atomic E-state index is 0.984. The quantitative estimate of drug-likeness (QED) is 0.630. The van der Waals surface area contributed by atoms with Crippen molar-refractivity contribution in [2.75, 3.05) is 0 Å². The second-order valence-corrected chi connectivity index (χ2v) is 4.24. The Bertz CT molecular complexity index is 713. The topological polar surface area (TPSA) is 12.9 Å². The third kappa shape index (κ3) is 1.91. The van der Waals surface area contributed by atoms with Gasteiger partial charge in [-0.05, 0) is 34.5 Å². The Hall–Kier alpha value is -2.41. The van der Waals surface area contributed by atoms with Gasteiger partial charge in [-0.15, -0.1) is 0 Å². The smallest absolute Gasteiger partial charge is 0.0708 e. The van der Waals surface area contributed by atoms with Gasteiger partial charge in [0.05, 0.1) is 5.69 Å². The number of hydrogen-bond donors (Lipinski definition) is 0. The molecule has 0 N–H and O–H groups in total. The molecule has 1 heteroatoms. The summed E-state index contributed by atoms with van der Waals surface area (Å²) in [6.45, 7) is 3.79. The van der Waals surface area contributed by atoms with Crippen LogP contribution in [0.1, 0.15) is 5.56 Å². The first kappa shape index (κ1) is 10.7. The lowest BCUT2D eigenvalue weighted by Crippen LogP contribution is -1.84. The van der Waals surface area contributed by atoms with Crippen LogP contribution in [0.15, 0.2) is 67.4 Å². The summed E-state index contributed by atoms with van der Waals surface area (Å²) < 4.78 is 0. The fraction of sp³-hybridized carbons (Fsp3) is 0. The Morgan fingerprint density at radius 2 is 1.72 bits per heavy atom. The van der Waals surface area contributed by atoms with E-state index in [0.717, 1.165) is 16.8 Å². The molecule has 0 spiro atoms. The molecular formula is C17H13N. The van der Waals surface area contributed by atoms with Crippen LogP contribution < -0.4 is 0 Å². The molecule has 0 bridgehead atoms. The number of nitrogens with zero attached hydrogens (tertiary/aromatic N) is 1. The van der Waals surface area contributed by atoms with E-state index in [1.54, 1.807) is 0 Å². The largest absolute Gasteiger partial charge is 0.256 e. The summed E-state index contributed by atoms with van der Waals surface area (Å²) >= 11 is 0. The molecule has 3 rings (SSSR count). The van der Waals surface area contributed by atoms with E-state index in [0.29, 0.717) is 0 Å². The summed E-state index contributed by atoms with van der Waals surface area (Å²) in [5.41, 5.74) is 3.21. The standard InChI is InChI=1S/C17H13N/c1-2-13-9-10-18-17(11-13)16-8-7-14-5-3-4-6-15(14)12-16/h2-12H,1H2. The van der Waals surface area contributed by atoms with E-state index >= 15 is 0 Å². The first-order valence-electron chi connectivity index (χ1n) is 5.94. The molecule has 0 saturated heterocycles. The highest BCUT2D eigenvalue weighted by atomic mass is 14.7. The third-order valence-electron chi connectivity index (χ3n) is 3.06. The summed E-state index contributed by atoms with van der Waals surface area (Å²) in [5.74, 6) is 0. The number of benzene rings is 2. The monoisotopic (exact) mass is 231 g/mol. The number of rotatable bonds is 2. The maximum atomic E-state index is 4.42. The van der Waals surface area contributed by atoms with Gasteiger partial charge in [-0.1, -0.05) is 49.1 Å². The van der Waals surface area contributed by atoms with E-state index in [2.05, 4.69) is 60.1 Å². The molecule has 3 aromatic rings. The second kappa shape index (κ2) is 4.46. The molecular weight excluding hydrogens is 218 g/mol. The predicted octanol–water partition coefficient (Wildman–Crippen LogP) is 4.54. The van der Waals surface area contributed by atoms with Gasteiger partial charge in [0.2, 0.25) is 0 Å². The Kier molecular flexibility index (Phi) is 2.66. The van der Waals surface area contributed by atoms with E-state index in [1.807, 2.05) is 18.3 Å². The minimum atomic E-state index is 0.984. The highest BCUT2D eigenvalue weighted by Gasteiger charge is 2.01. The number of fused-ring (bicyclic) bond motifs is 1. The average Bonchev–Trinajstić information content (AvgIpc) is 2.47. The Morgan fingerprint density at radius 1 is 0.889 bits per heavy atom. The SMILES string of the molecule is C=Cc1ccnc(-c2ccc3ccccc3c2)c1. The zero-order valence-corrected chi connectivity index (χ0v) is 10.0. The Balaban J connectivity index is 2.15. The van der Waals surface area contributed by atoms with Gasteiger partial charge in [0.15, 0.2) is 0 Å². The van der Waals surface area contributed by atoms with Gasteiger partial charge >= 0.3 is 0 Å². The van der Waals surface area contributed by atoms with Crippen LogP contribution in [0, 0.1) is 0 Å². The van der Waals surface area contributed by atoms with E-state index < -0.39 is 0 Å². The van der Waals surface area contributed by atoms with Gasteiger partial charge in [-0.3, -0.25) is 4.98 Å².